The van der Waals surface area contributed by atoms with Gasteiger partial charge in [0.2, 0.25) is 5.91 Å². The Morgan fingerprint density at radius 2 is 0.562 bits per heavy atom. The van der Waals surface area contributed by atoms with Crippen LogP contribution in [-0.4, -0.2) is 47.4 Å². The third-order valence-electron chi connectivity index (χ3n) is 19.2. The highest BCUT2D eigenvalue weighted by Gasteiger charge is 2.20. The first-order valence-corrected chi connectivity index (χ1v) is 40.7. The summed E-state index contributed by atoms with van der Waals surface area (Å²) in [5.41, 5.74) is 0. The van der Waals surface area contributed by atoms with Crippen LogP contribution in [0.2, 0.25) is 0 Å². The molecule has 0 rings (SSSR count). The predicted molar refractivity (Wildman–Crippen MR) is 393 cm³/mol. The number of aliphatic hydroxyl groups is 2. The molecule has 0 aliphatic carbocycles. The number of esters is 1. The molecule has 0 aliphatic heterocycles. The van der Waals surface area contributed by atoms with Crippen molar-refractivity contribution in [1.29, 1.82) is 0 Å². The summed E-state index contributed by atoms with van der Waals surface area (Å²) in [7, 11) is 0. The lowest BCUT2D eigenvalue weighted by Crippen LogP contribution is -2.45. The molecule has 1 amide bonds. The Morgan fingerprint density at radius 3 is 0.876 bits per heavy atom. The molecule has 0 radical (unpaired) electrons. The number of unbranched alkanes of at least 4 members (excludes halogenated alkanes) is 60. The zero-order valence-electron chi connectivity index (χ0n) is 60.4. The minimum absolute atomic E-state index is 0.00599. The van der Waals surface area contributed by atoms with Crippen molar-refractivity contribution in [3.63, 3.8) is 0 Å². The topological polar surface area (TPSA) is 95.9 Å². The predicted octanol–water partition coefficient (Wildman–Crippen LogP) is 27.0. The Bertz CT molecular complexity index is 1440. The van der Waals surface area contributed by atoms with E-state index in [1.807, 2.05) is 0 Å². The molecule has 526 valence electrons. The average Bonchev–Trinajstić information content (AvgIpc) is 3.64. The van der Waals surface area contributed by atoms with Crippen LogP contribution in [0.25, 0.3) is 0 Å². The van der Waals surface area contributed by atoms with Gasteiger partial charge in [-0.2, -0.15) is 0 Å². The summed E-state index contributed by atoms with van der Waals surface area (Å²) in [6.45, 7) is 4.98. The number of aliphatic hydroxyl groups excluding tert-OH is 2. The van der Waals surface area contributed by atoms with Gasteiger partial charge in [-0.15, -0.1) is 0 Å². The van der Waals surface area contributed by atoms with Crippen LogP contribution in [0.4, 0.5) is 0 Å². The van der Waals surface area contributed by atoms with Crippen molar-refractivity contribution >= 4 is 11.9 Å². The third kappa shape index (κ3) is 75.0. The number of hydrogen-bond acceptors (Lipinski definition) is 5. The van der Waals surface area contributed by atoms with Crippen molar-refractivity contribution in [3.8, 4) is 0 Å². The largest absolute Gasteiger partial charge is 0.466 e. The van der Waals surface area contributed by atoms with E-state index in [2.05, 4.69) is 55.6 Å². The average molecular weight is 1250 g/mol. The van der Waals surface area contributed by atoms with E-state index in [1.165, 1.54) is 372 Å². The molecular formula is C83H159NO5. The van der Waals surface area contributed by atoms with Gasteiger partial charge < -0.3 is 20.3 Å². The first kappa shape index (κ1) is 87.1. The highest BCUT2D eigenvalue weighted by Crippen LogP contribution is 2.20. The fourth-order valence-corrected chi connectivity index (χ4v) is 13.0. The van der Waals surface area contributed by atoms with Gasteiger partial charge in [-0.05, 0) is 83.5 Å². The van der Waals surface area contributed by atoms with Gasteiger partial charge >= 0.3 is 5.97 Å². The molecule has 0 saturated heterocycles. The van der Waals surface area contributed by atoms with Gasteiger partial charge in [0.05, 0.1) is 25.4 Å². The normalized spacial score (nSPS) is 12.6. The molecule has 0 aliphatic rings. The highest BCUT2D eigenvalue weighted by molar-refractivity contribution is 5.76. The summed E-state index contributed by atoms with van der Waals surface area (Å²) in [6.07, 6.45) is 102. The first-order chi connectivity index (χ1) is 44.0. The Balaban J connectivity index is 3.36. The SMILES string of the molecule is CCCCCC/C=C\C/C=C\CCCCCCCC(=O)OCCCCCCCCCCCCCC/C=C\CCCCCCCCCCCCCCCCCCCC(=O)NC(CO)C(O)CCCCCCCCCCCCCCCCCCCCCCCCC. The number of rotatable bonds is 77. The van der Waals surface area contributed by atoms with E-state index in [1.54, 1.807) is 0 Å². The number of amides is 1. The highest BCUT2D eigenvalue weighted by atomic mass is 16.5. The number of allylic oxidation sites excluding steroid dienone is 6. The maximum absolute atomic E-state index is 12.6. The second-order valence-corrected chi connectivity index (χ2v) is 28.1. The van der Waals surface area contributed by atoms with Gasteiger partial charge in [-0.25, -0.2) is 0 Å². The summed E-state index contributed by atoms with van der Waals surface area (Å²) >= 11 is 0. The van der Waals surface area contributed by atoms with Crippen LogP contribution in [0.1, 0.15) is 457 Å². The molecule has 0 saturated carbocycles. The van der Waals surface area contributed by atoms with E-state index in [4.69, 9.17) is 4.74 Å². The molecule has 0 aromatic heterocycles. The van der Waals surface area contributed by atoms with E-state index in [-0.39, 0.29) is 18.5 Å². The molecule has 0 fully saturated rings. The third-order valence-corrected chi connectivity index (χ3v) is 19.2. The van der Waals surface area contributed by atoms with E-state index in [0.717, 1.165) is 51.4 Å². The van der Waals surface area contributed by atoms with E-state index in [9.17, 15) is 19.8 Å². The second-order valence-electron chi connectivity index (χ2n) is 28.1. The number of ether oxygens (including phenoxy) is 1. The van der Waals surface area contributed by atoms with Gasteiger partial charge in [0.25, 0.3) is 0 Å². The lowest BCUT2D eigenvalue weighted by Gasteiger charge is -2.22. The van der Waals surface area contributed by atoms with Crippen molar-refractivity contribution in [3.05, 3.63) is 36.5 Å². The van der Waals surface area contributed by atoms with Crippen LogP contribution >= 0.6 is 0 Å². The maximum Gasteiger partial charge on any atom is 0.305 e. The van der Waals surface area contributed by atoms with Crippen molar-refractivity contribution in [1.82, 2.24) is 5.32 Å². The van der Waals surface area contributed by atoms with Gasteiger partial charge in [-0.1, -0.05) is 397 Å². The summed E-state index contributed by atoms with van der Waals surface area (Å²) in [4.78, 5) is 24.7. The molecule has 2 atom stereocenters. The van der Waals surface area contributed by atoms with Gasteiger partial charge in [-0.3, -0.25) is 9.59 Å². The molecule has 0 heterocycles. The van der Waals surface area contributed by atoms with Gasteiger partial charge in [0.1, 0.15) is 0 Å². The number of carbonyl (C=O) groups excluding carboxylic acids is 2. The Labute approximate surface area is 557 Å². The number of nitrogens with one attached hydrogen (secondary N) is 1. The van der Waals surface area contributed by atoms with E-state index in [0.29, 0.717) is 25.9 Å². The molecule has 0 aromatic rings. The standard InChI is InChI=1S/C83H159NO5/c1-3-5-7-9-11-13-15-17-19-21-22-23-35-38-41-44-47-51-55-59-63-67-71-75-81(86)80(79-85)84-82(87)76-72-68-64-60-56-52-48-45-42-39-36-33-31-29-27-25-24-26-28-30-32-34-37-40-43-46-50-54-58-62-66-70-74-78-89-83(88)77-73-69-65-61-57-53-49-20-18-16-14-12-10-8-6-4-2/h14,16,20,28,30,49,80-81,85-86H,3-13,15,17-19,21-27,29,31-48,50-79H2,1-2H3,(H,84,87)/b16-14-,30-28-,49-20-. The molecule has 89 heavy (non-hydrogen) atoms. The minimum Gasteiger partial charge on any atom is -0.466 e. The van der Waals surface area contributed by atoms with Gasteiger partial charge in [0.15, 0.2) is 0 Å². The molecule has 0 aromatic carbocycles. The Kier molecular flexibility index (Phi) is 76.8. The van der Waals surface area contributed by atoms with E-state index >= 15 is 0 Å². The number of hydrogen-bond donors (Lipinski definition) is 3. The molecule has 0 spiro atoms. The summed E-state index contributed by atoms with van der Waals surface area (Å²) in [5.74, 6) is -0.0205. The molecular weight excluding hydrogens is 1090 g/mol. The molecule has 0 bridgehead atoms. The smallest absolute Gasteiger partial charge is 0.305 e. The van der Waals surface area contributed by atoms with Crippen LogP contribution in [0, 0.1) is 0 Å². The Morgan fingerprint density at radius 1 is 0.315 bits per heavy atom. The van der Waals surface area contributed by atoms with Crippen LogP contribution in [0.3, 0.4) is 0 Å². The molecule has 6 nitrogen and oxygen atoms in total. The first-order valence-electron chi connectivity index (χ1n) is 40.7. The van der Waals surface area contributed by atoms with Crippen LogP contribution in [-0.2, 0) is 14.3 Å². The van der Waals surface area contributed by atoms with Gasteiger partial charge in [0, 0.05) is 12.8 Å². The monoisotopic (exact) mass is 1250 g/mol. The Hall–Kier alpha value is -1.92. The minimum atomic E-state index is -0.664. The van der Waals surface area contributed by atoms with Crippen molar-refractivity contribution < 1.29 is 24.5 Å². The summed E-state index contributed by atoms with van der Waals surface area (Å²) < 4.78 is 5.50. The molecule has 2 unspecified atom stereocenters. The second kappa shape index (κ2) is 78.5. The summed E-state index contributed by atoms with van der Waals surface area (Å²) in [5, 5.41) is 23.5. The van der Waals surface area contributed by atoms with Crippen LogP contribution in [0.5, 0.6) is 0 Å². The zero-order chi connectivity index (χ0) is 64.2. The van der Waals surface area contributed by atoms with Crippen molar-refractivity contribution in [2.45, 2.75) is 469 Å². The van der Waals surface area contributed by atoms with Crippen molar-refractivity contribution in [2.24, 2.45) is 0 Å². The van der Waals surface area contributed by atoms with Crippen molar-refractivity contribution in [2.75, 3.05) is 13.2 Å². The maximum atomic E-state index is 12.6. The molecule has 6 heteroatoms. The number of carbonyl (C=O) groups is 2. The quantitative estimate of drug-likeness (QED) is 0.0320. The fourth-order valence-electron chi connectivity index (χ4n) is 13.0. The summed E-state index contributed by atoms with van der Waals surface area (Å²) in [6, 6.07) is -0.541. The molecule has 3 N–H and O–H groups in total. The lowest BCUT2D eigenvalue weighted by atomic mass is 10.0. The van der Waals surface area contributed by atoms with E-state index < -0.39 is 12.1 Å². The zero-order valence-corrected chi connectivity index (χ0v) is 60.4. The van der Waals surface area contributed by atoms with Crippen LogP contribution < -0.4 is 5.32 Å². The lowest BCUT2D eigenvalue weighted by molar-refractivity contribution is -0.143. The van der Waals surface area contributed by atoms with Crippen LogP contribution in [0.15, 0.2) is 36.5 Å². The fraction of sp³-hybridized carbons (Fsp3) is 0.904.